The third-order valence-electron chi connectivity index (χ3n) is 3.08. The minimum atomic E-state index is -0.752. The molecule has 0 aliphatic heterocycles. The van der Waals surface area contributed by atoms with Gasteiger partial charge in [-0.2, -0.15) is 5.10 Å². The first-order valence-electron chi connectivity index (χ1n) is 6.27. The molecule has 0 bridgehead atoms. The molecule has 0 aliphatic carbocycles. The van der Waals surface area contributed by atoms with Crippen LogP contribution in [0.25, 0.3) is 11.3 Å². The number of carbonyl (C=O) groups excluding carboxylic acids is 1. The van der Waals surface area contributed by atoms with Gasteiger partial charge in [0.05, 0.1) is 12.8 Å². The summed E-state index contributed by atoms with van der Waals surface area (Å²) < 4.78 is 5.78. The molecule has 1 aromatic carbocycles. The number of rotatable bonds is 3. The van der Waals surface area contributed by atoms with Gasteiger partial charge >= 0.3 is 5.97 Å². The van der Waals surface area contributed by atoms with E-state index < -0.39 is 12.0 Å². The summed E-state index contributed by atoms with van der Waals surface area (Å²) in [4.78, 5) is 23.3. The second-order valence-corrected chi connectivity index (χ2v) is 4.57. The van der Waals surface area contributed by atoms with E-state index in [2.05, 4.69) is 9.84 Å². The van der Waals surface area contributed by atoms with Crippen LogP contribution in [0, 0.1) is 6.92 Å². The second kappa shape index (κ2) is 5.69. The standard InChI is InChI=1S/C15H16N2O3/c1-10-4-6-12(7-5-10)13-8-9-14(18)17(16-13)11(2)15(19)20-3/h4-9,11H,1-3H3/t11-/m1/s1. The average molecular weight is 272 g/mol. The smallest absolute Gasteiger partial charge is 0.330 e. The van der Waals surface area contributed by atoms with Gasteiger partial charge in [0.15, 0.2) is 6.04 Å². The first-order valence-corrected chi connectivity index (χ1v) is 6.27. The molecule has 0 unspecified atom stereocenters. The monoisotopic (exact) mass is 272 g/mol. The van der Waals surface area contributed by atoms with E-state index in [1.807, 2.05) is 31.2 Å². The van der Waals surface area contributed by atoms with Crippen molar-refractivity contribution in [3.63, 3.8) is 0 Å². The van der Waals surface area contributed by atoms with Gasteiger partial charge in [-0.05, 0) is 19.9 Å². The molecule has 0 saturated carbocycles. The number of benzene rings is 1. The van der Waals surface area contributed by atoms with Gasteiger partial charge < -0.3 is 4.74 Å². The van der Waals surface area contributed by atoms with E-state index in [-0.39, 0.29) is 5.56 Å². The Kier molecular flexibility index (Phi) is 3.98. The van der Waals surface area contributed by atoms with Gasteiger partial charge in [0.1, 0.15) is 0 Å². The first-order chi connectivity index (χ1) is 9.52. The molecular formula is C15H16N2O3. The Morgan fingerprint density at radius 2 is 1.85 bits per heavy atom. The summed E-state index contributed by atoms with van der Waals surface area (Å²) in [6.07, 6.45) is 0. The lowest BCUT2D eigenvalue weighted by molar-refractivity contribution is -0.144. The highest BCUT2D eigenvalue weighted by Crippen LogP contribution is 2.16. The predicted octanol–water partition coefficient (Wildman–Crippen LogP) is 1.95. The number of nitrogens with zero attached hydrogens (tertiary/aromatic N) is 2. The van der Waals surface area contributed by atoms with Crippen LogP contribution >= 0.6 is 0 Å². The number of esters is 1. The van der Waals surface area contributed by atoms with E-state index in [9.17, 15) is 9.59 Å². The second-order valence-electron chi connectivity index (χ2n) is 4.57. The summed E-state index contributed by atoms with van der Waals surface area (Å²) in [7, 11) is 1.29. The Morgan fingerprint density at radius 1 is 1.20 bits per heavy atom. The van der Waals surface area contributed by atoms with Crippen molar-refractivity contribution in [2.45, 2.75) is 19.9 Å². The molecule has 1 aromatic heterocycles. The highest BCUT2D eigenvalue weighted by Gasteiger charge is 2.18. The Morgan fingerprint density at radius 3 is 2.45 bits per heavy atom. The van der Waals surface area contributed by atoms with Gasteiger partial charge in [-0.3, -0.25) is 4.79 Å². The summed E-state index contributed by atoms with van der Waals surface area (Å²) >= 11 is 0. The molecule has 0 amide bonds. The molecule has 0 aliphatic rings. The topological polar surface area (TPSA) is 61.2 Å². The number of aromatic nitrogens is 2. The highest BCUT2D eigenvalue weighted by molar-refractivity contribution is 5.73. The van der Waals surface area contributed by atoms with Gasteiger partial charge in [0, 0.05) is 11.6 Å². The molecular weight excluding hydrogens is 256 g/mol. The van der Waals surface area contributed by atoms with Gasteiger partial charge in [0.25, 0.3) is 5.56 Å². The van der Waals surface area contributed by atoms with Crippen molar-refractivity contribution in [1.82, 2.24) is 9.78 Å². The summed E-state index contributed by atoms with van der Waals surface area (Å²) in [6.45, 7) is 3.58. The van der Waals surface area contributed by atoms with E-state index in [4.69, 9.17) is 0 Å². The van der Waals surface area contributed by atoms with Crippen LogP contribution in [0.3, 0.4) is 0 Å². The van der Waals surface area contributed by atoms with Crippen molar-refractivity contribution in [2.24, 2.45) is 0 Å². The quantitative estimate of drug-likeness (QED) is 0.801. The number of hydrogen-bond donors (Lipinski definition) is 0. The fraction of sp³-hybridized carbons (Fsp3) is 0.267. The van der Waals surface area contributed by atoms with E-state index >= 15 is 0 Å². The lowest BCUT2D eigenvalue weighted by atomic mass is 10.1. The zero-order valence-electron chi connectivity index (χ0n) is 11.7. The summed E-state index contributed by atoms with van der Waals surface area (Å²) in [5, 5.41) is 4.24. The molecule has 2 aromatic rings. The molecule has 2 rings (SSSR count). The van der Waals surface area contributed by atoms with E-state index in [1.165, 1.54) is 13.2 Å². The van der Waals surface area contributed by atoms with Crippen LogP contribution in [0.5, 0.6) is 0 Å². The first kappa shape index (κ1) is 14.0. The average Bonchev–Trinajstić information content (AvgIpc) is 2.47. The molecule has 0 saturated heterocycles. The zero-order valence-corrected chi connectivity index (χ0v) is 11.7. The lowest BCUT2D eigenvalue weighted by Gasteiger charge is -2.12. The van der Waals surface area contributed by atoms with Gasteiger partial charge in [-0.1, -0.05) is 29.8 Å². The van der Waals surface area contributed by atoms with E-state index in [0.29, 0.717) is 5.69 Å². The van der Waals surface area contributed by atoms with Crippen molar-refractivity contribution < 1.29 is 9.53 Å². The largest absolute Gasteiger partial charge is 0.467 e. The lowest BCUT2D eigenvalue weighted by Crippen LogP contribution is -2.30. The number of aryl methyl sites for hydroxylation is 1. The van der Waals surface area contributed by atoms with E-state index in [0.717, 1.165) is 15.8 Å². The maximum absolute atomic E-state index is 11.8. The van der Waals surface area contributed by atoms with Crippen LogP contribution in [0.15, 0.2) is 41.2 Å². The molecule has 0 radical (unpaired) electrons. The molecule has 0 spiro atoms. The van der Waals surface area contributed by atoms with Crippen LogP contribution in [0.4, 0.5) is 0 Å². The fourth-order valence-corrected chi connectivity index (χ4v) is 1.85. The van der Waals surface area contributed by atoms with Crippen molar-refractivity contribution >= 4 is 5.97 Å². The maximum atomic E-state index is 11.8. The summed E-state index contributed by atoms with van der Waals surface area (Å²) in [5.41, 5.74) is 2.34. The number of methoxy groups -OCH3 is 1. The van der Waals surface area contributed by atoms with Crippen molar-refractivity contribution in [1.29, 1.82) is 0 Å². The molecule has 104 valence electrons. The zero-order chi connectivity index (χ0) is 14.7. The predicted molar refractivity (Wildman–Crippen MR) is 75.4 cm³/mol. The SMILES string of the molecule is COC(=O)[C@@H](C)n1nc(-c2ccc(C)cc2)ccc1=O. The Hall–Kier alpha value is -2.43. The van der Waals surface area contributed by atoms with Gasteiger partial charge in [-0.15, -0.1) is 0 Å². The van der Waals surface area contributed by atoms with Crippen LogP contribution in [-0.4, -0.2) is 22.9 Å². The molecule has 5 heteroatoms. The summed E-state index contributed by atoms with van der Waals surface area (Å²) in [5.74, 6) is -0.499. The van der Waals surface area contributed by atoms with E-state index in [1.54, 1.807) is 13.0 Å². The Balaban J connectivity index is 2.45. The fourth-order valence-electron chi connectivity index (χ4n) is 1.85. The molecule has 5 nitrogen and oxygen atoms in total. The Labute approximate surface area is 116 Å². The molecule has 20 heavy (non-hydrogen) atoms. The molecule has 1 atom stereocenters. The van der Waals surface area contributed by atoms with Crippen LogP contribution in [-0.2, 0) is 9.53 Å². The third kappa shape index (κ3) is 2.77. The maximum Gasteiger partial charge on any atom is 0.330 e. The Bertz CT molecular complexity index is 674. The molecule has 0 N–H and O–H groups in total. The third-order valence-corrected chi connectivity index (χ3v) is 3.08. The number of carbonyl (C=O) groups is 1. The van der Waals surface area contributed by atoms with Crippen LogP contribution in [0.1, 0.15) is 18.5 Å². The minimum Gasteiger partial charge on any atom is -0.467 e. The van der Waals surface area contributed by atoms with Gasteiger partial charge in [0.2, 0.25) is 0 Å². The van der Waals surface area contributed by atoms with Crippen molar-refractivity contribution in [3.05, 3.63) is 52.3 Å². The van der Waals surface area contributed by atoms with Crippen LogP contribution in [0.2, 0.25) is 0 Å². The minimum absolute atomic E-state index is 0.334. The van der Waals surface area contributed by atoms with Crippen molar-refractivity contribution in [3.8, 4) is 11.3 Å². The number of ether oxygens (including phenoxy) is 1. The normalized spacial score (nSPS) is 11.9. The van der Waals surface area contributed by atoms with Crippen molar-refractivity contribution in [2.75, 3.05) is 7.11 Å². The molecule has 1 heterocycles. The number of hydrogen-bond acceptors (Lipinski definition) is 4. The molecule has 0 fully saturated rings. The van der Waals surface area contributed by atoms with Gasteiger partial charge in [-0.25, -0.2) is 9.48 Å². The van der Waals surface area contributed by atoms with Crippen LogP contribution < -0.4 is 5.56 Å². The highest BCUT2D eigenvalue weighted by atomic mass is 16.5. The summed E-state index contributed by atoms with van der Waals surface area (Å²) in [6, 6.07) is 10.1.